The monoisotopic (exact) mass is 244 g/mol. The normalized spacial score (nSPS) is 44.0. The summed E-state index contributed by atoms with van der Waals surface area (Å²) in [5, 5.41) is 0. The van der Waals surface area contributed by atoms with Gasteiger partial charge in [-0.3, -0.25) is 4.79 Å². The van der Waals surface area contributed by atoms with Gasteiger partial charge in [-0.25, -0.2) is 0 Å². The highest BCUT2D eigenvalue weighted by atomic mass is 19.3. The van der Waals surface area contributed by atoms with Crippen LogP contribution in [0.3, 0.4) is 0 Å². The van der Waals surface area contributed by atoms with E-state index in [4.69, 9.17) is 4.74 Å². The summed E-state index contributed by atoms with van der Waals surface area (Å²) in [7, 11) is 0. The van der Waals surface area contributed by atoms with Crippen molar-refractivity contribution in [3.05, 3.63) is 0 Å². The van der Waals surface area contributed by atoms with Crippen LogP contribution in [-0.2, 0) is 9.53 Å². The Balaban J connectivity index is 1.63. The number of halogens is 2. The highest BCUT2D eigenvalue weighted by molar-refractivity contribution is 5.59. The van der Waals surface area contributed by atoms with Crippen molar-refractivity contribution in [1.29, 1.82) is 0 Å². The van der Waals surface area contributed by atoms with Crippen LogP contribution < -0.4 is 0 Å². The molecule has 0 heterocycles. The molecule has 17 heavy (non-hydrogen) atoms. The van der Waals surface area contributed by atoms with Crippen LogP contribution in [0.4, 0.5) is 8.78 Å². The van der Waals surface area contributed by atoms with Crippen LogP contribution in [0.5, 0.6) is 0 Å². The lowest BCUT2D eigenvalue weighted by molar-refractivity contribution is -0.170. The number of ether oxygens (including phenoxy) is 1. The molecule has 2 nitrogen and oxygen atoms in total. The van der Waals surface area contributed by atoms with E-state index in [0.717, 1.165) is 37.5 Å². The molecule has 0 spiro atoms. The predicted molar refractivity (Wildman–Crippen MR) is 57.8 cm³/mol. The minimum atomic E-state index is -3.31. The Morgan fingerprint density at radius 3 is 2.06 bits per heavy atom. The van der Waals surface area contributed by atoms with Crippen LogP contribution in [0.2, 0.25) is 0 Å². The van der Waals surface area contributed by atoms with Gasteiger partial charge in [-0.2, -0.15) is 8.78 Å². The molecule has 4 heteroatoms. The smallest absolute Gasteiger partial charge is 0.325 e. The minimum Gasteiger partial charge on any atom is -0.371 e. The zero-order valence-corrected chi connectivity index (χ0v) is 9.78. The third kappa shape index (κ3) is 2.12. The molecular formula is C13H18F2O2. The van der Waals surface area contributed by atoms with Crippen LogP contribution in [-0.4, -0.2) is 24.9 Å². The van der Waals surface area contributed by atoms with Crippen molar-refractivity contribution >= 4 is 6.29 Å². The van der Waals surface area contributed by atoms with Crippen LogP contribution >= 0.6 is 0 Å². The summed E-state index contributed by atoms with van der Waals surface area (Å²) >= 11 is 0. The van der Waals surface area contributed by atoms with Gasteiger partial charge < -0.3 is 4.74 Å². The summed E-state index contributed by atoms with van der Waals surface area (Å²) in [5.74, 6) is -0.760. The molecule has 0 aromatic heterocycles. The van der Waals surface area contributed by atoms with Gasteiger partial charge in [0.25, 0.3) is 0 Å². The SMILES string of the molecule is O=CC(F)(F)COC1C2CC3CC(C2)CC1C3. The standard InChI is InChI=1S/C13H18F2O2/c14-13(15,6-16)7-17-12-10-2-8-1-9(4-10)5-11(12)3-8/h6,8-12H,1-5,7H2. The average molecular weight is 244 g/mol. The first-order chi connectivity index (χ1) is 8.07. The van der Waals surface area contributed by atoms with Gasteiger partial charge in [-0.1, -0.05) is 0 Å². The van der Waals surface area contributed by atoms with Gasteiger partial charge in [-0.05, 0) is 55.8 Å². The van der Waals surface area contributed by atoms with E-state index in [1.54, 1.807) is 0 Å². The van der Waals surface area contributed by atoms with Gasteiger partial charge in [0.15, 0.2) is 6.29 Å². The van der Waals surface area contributed by atoms with Crippen molar-refractivity contribution in [2.45, 2.75) is 44.1 Å². The van der Waals surface area contributed by atoms with E-state index in [1.807, 2.05) is 0 Å². The van der Waals surface area contributed by atoms with E-state index in [2.05, 4.69) is 0 Å². The Hall–Kier alpha value is -0.510. The first kappa shape index (κ1) is 11.6. The summed E-state index contributed by atoms with van der Waals surface area (Å²) in [6.45, 7) is -0.733. The second-order valence-corrected chi connectivity index (χ2v) is 6.09. The van der Waals surface area contributed by atoms with E-state index in [9.17, 15) is 13.6 Å². The van der Waals surface area contributed by atoms with E-state index in [1.165, 1.54) is 6.42 Å². The van der Waals surface area contributed by atoms with Crippen molar-refractivity contribution in [3.63, 3.8) is 0 Å². The van der Waals surface area contributed by atoms with Gasteiger partial charge in [0.1, 0.15) is 6.61 Å². The van der Waals surface area contributed by atoms with Gasteiger partial charge in [-0.15, -0.1) is 0 Å². The highest BCUT2D eigenvalue weighted by Crippen LogP contribution is 2.54. The quantitative estimate of drug-likeness (QED) is 0.711. The van der Waals surface area contributed by atoms with Crippen LogP contribution in [0, 0.1) is 23.7 Å². The first-order valence-corrected chi connectivity index (χ1v) is 6.53. The lowest BCUT2D eigenvalue weighted by Gasteiger charge is -2.54. The third-order valence-electron chi connectivity index (χ3n) is 4.78. The number of alkyl halides is 2. The largest absolute Gasteiger partial charge is 0.371 e. The van der Waals surface area contributed by atoms with Crippen molar-refractivity contribution in [1.82, 2.24) is 0 Å². The zero-order valence-electron chi connectivity index (χ0n) is 9.78. The maximum Gasteiger partial charge on any atom is 0.325 e. The topological polar surface area (TPSA) is 26.3 Å². The molecule has 0 unspecified atom stereocenters. The van der Waals surface area contributed by atoms with E-state index < -0.39 is 12.5 Å². The molecule has 96 valence electrons. The molecule has 4 aliphatic carbocycles. The summed E-state index contributed by atoms with van der Waals surface area (Å²) in [4.78, 5) is 10.2. The van der Waals surface area contributed by atoms with E-state index in [0.29, 0.717) is 11.8 Å². The molecule has 0 aliphatic heterocycles. The lowest BCUT2D eigenvalue weighted by Crippen LogP contribution is -2.50. The van der Waals surface area contributed by atoms with E-state index in [-0.39, 0.29) is 12.4 Å². The number of carbonyl (C=O) groups is 1. The molecule has 4 fully saturated rings. The highest BCUT2D eigenvalue weighted by Gasteiger charge is 2.49. The number of rotatable bonds is 4. The predicted octanol–water partition coefficient (Wildman–Crippen LogP) is 2.66. The lowest BCUT2D eigenvalue weighted by atomic mass is 9.55. The molecule has 0 atom stereocenters. The van der Waals surface area contributed by atoms with Crippen LogP contribution in [0.15, 0.2) is 0 Å². The fraction of sp³-hybridized carbons (Fsp3) is 0.923. The molecule has 0 aromatic carbocycles. The summed E-state index contributed by atoms with van der Waals surface area (Å²) < 4.78 is 31.1. The van der Waals surface area contributed by atoms with E-state index >= 15 is 0 Å². The van der Waals surface area contributed by atoms with Crippen molar-refractivity contribution in [2.24, 2.45) is 23.7 Å². The van der Waals surface area contributed by atoms with Gasteiger partial charge in [0, 0.05) is 0 Å². The first-order valence-electron chi connectivity index (χ1n) is 6.53. The fourth-order valence-electron chi connectivity index (χ4n) is 4.39. The molecule has 0 amide bonds. The molecule has 4 bridgehead atoms. The van der Waals surface area contributed by atoms with Crippen LogP contribution in [0.25, 0.3) is 0 Å². The summed E-state index contributed by atoms with van der Waals surface area (Å²) in [6, 6.07) is 0. The Bertz CT molecular complexity index is 289. The number of carbonyl (C=O) groups excluding carboxylic acids is 1. The van der Waals surface area contributed by atoms with Crippen LogP contribution in [0.1, 0.15) is 32.1 Å². The second-order valence-electron chi connectivity index (χ2n) is 6.09. The number of hydrogen-bond donors (Lipinski definition) is 0. The van der Waals surface area contributed by atoms with Gasteiger partial charge >= 0.3 is 5.92 Å². The average Bonchev–Trinajstić information content (AvgIpc) is 2.27. The second kappa shape index (κ2) is 4.01. The molecule has 0 saturated heterocycles. The Labute approximate surface area is 99.7 Å². The van der Waals surface area contributed by atoms with Gasteiger partial charge in [0.2, 0.25) is 0 Å². The Morgan fingerprint density at radius 1 is 1.06 bits per heavy atom. The maximum atomic E-state index is 12.9. The van der Waals surface area contributed by atoms with Crippen molar-refractivity contribution in [3.8, 4) is 0 Å². The molecule has 4 aliphatic rings. The number of hydrogen-bond acceptors (Lipinski definition) is 2. The van der Waals surface area contributed by atoms with Crippen molar-refractivity contribution < 1.29 is 18.3 Å². The van der Waals surface area contributed by atoms with Crippen molar-refractivity contribution in [2.75, 3.05) is 6.61 Å². The maximum absolute atomic E-state index is 12.9. The molecule has 4 saturated carbocycles. The molecule has 0 radical (unpaired) electrons. The van der Waals surface area contributed by atoms with Gasteiger partial charge in [0.05, 0.1) is 6.10 Å². The summed E-state index contributed by atoms with van der Waals surface area (Å²) in [5.41, 5.74) is 0. The fourth-order valence-corrected chi connectivity index (χ4v) is 4.39. The third-order valence-corrected chi connectivity index (χ3v) is 4.78. The summed E-state index contributed by atoms with van der Waals surface area (Å²) in [6.07, 6.45) is 5.59. The molecule has 0 N–H and O–H groups in total. The molecular weight excluding hydrogens is 226 g/mol. The molecule has 0 aromatic rings. The zero-order chi connectivity index (χ0) is 12.0. The number of aldehydes is 1. The Morgan fingerprint density at radius 2 is 1.59 bits per heavy atom. The Kier molecular flexibility index (Phi) is 2.73. The molecule has 4 rings (SSSR count). The minimum absolute atomic E-state index is 0.0198.